The van der Waals surface area contributed by atoms with Crippen molar-refractivity contribution in [3.63, 3.8) is 0 Å². The Bertz CT molecular complexity index is 1440. The van der Waals surface area contributed by atoms with Crippen molar-refractivity contribution in [2.45, 2.75) is 0 Å². The van der Waals surface area contributed by atoms with Crippen molar-refractivity contribution in [3.05, 3.63) is 102 Å². The van der Waals surface area contributed by atoms with Gasteiger partial charge in [-0.2, -0.15) is 10.2 Å². The summed E-state index contributed by atoms with van der Waals surface area (Å²) in [7, 11) is 1.73. The van der Waals surface area contributed by atoms with E-state index >= 15 is 0 Å². The molecule has 5 rings (SSSR count). The van der Waals surface area contributed by atoms with Gasteiger partial charge < -0.3 is 4.90 Å². The molecular weight excluding hydrogens is 400 g/mol. The maximum atomic E-state index is 13.1. The van der Waals surface area contributed by atoms with Crippen molar-refractivity contribution < 1.29 is 4.79 Å². The van der Waals surface area contributed by atoms with E-state index < -0.39 is 0 Å². The number of carbonyl (C=O) groups excluding carboxylic acids is 1. The highest BCUT2D eigenvalue weighted by Gasteiger charge is 2.16. The van der Waals surface area contributed by atoms with Crippen LogP contribution in [0.2, 0.25) is 0 Å². The van der Waals surface area contributed by atoms with Crippen molar-refractivity contribution in [2.24, 2.45) is 0 Å². The van der Waals surface area contributed by atoms with Crippen molar-refractivity contribution in [2.75, 3.05) is 11.9 Å². The molecule has 0 bridgehead atoms. The molecule has 32 heavy (non-hydrogen) atoms. The summed E-state index contributed by atoms with van der Waals surface area (Å²) in [5.41, 5.74) is 6.63. The molecular formula is C25H18N6O. The van der Waals surface area contributed by atoms with Gasteiger partial charge in [0.05, 0.1) is 24.0 Å². The highest BCUT2D eigenvalue weighted by atomic mass is 16.2. The predicted molar refractivity (Wildman–Crippen MR) is 124 cm³/mol. The molecule has 0 aliphatic rings. The normalized spacial score (nSPS) is 10.8. The van der Waals surface area contributed by atoms with Gasteiger partial charge in [0.2, 0.25) is 0 Å². The first-order valence-electron chi connectivity index (χ1n) is 9.97. The highest BCUT2D eigenvalue weighted by Crippen LogP contribution is 2.28. The number of hydrogen-bond acceptors (Lipinski definition) is 3. The monoisotopic (exact) mass is 418 g/mol. The maximum Gasteiger partial charge on any atom is 0.258 e. The van der Waals surface area contributed by atoms with Crippen LogP contribution >= 0.6 is 0 Å². The number of hydrogen-bond donors (Lipinski definition) is 1. The summed E-state index contributed by atoms with van der Waals surface area (Å²) in [6.07, 6.45) is 5.33. The molecule has 3 heterocycles. The fraction of sp³-hybridized carbons (Fsp3) is 0.0400. The summed E-state index contributed by atoms with van der Waals surface area (Å²) in [5, 5.41) is 11.4. The van der Waals surface area contributed by atoms with Gasteiger partial charge in [0.15, 0.2) is 5.69 Å². The number of rotatable bonds is 4. The third kappa shape index (κ3) is 3.40. The Morgan fingerprint density at radius 2 is 1.78 bits per heavy atom. The highest BCUT2D eigenvalue weighted by molar-refractivity contribution is 6.06. The number of aromatic nitrogens is 4. The Balaban J connectivity index is 1.47. The summed E-state index contributed by atoms with van der Waals surface area (Å²) in [5.74, 6) is -0.134. The van der Waals surface area contributed by atoms with Crippen LogP contribution in [0.1, 0.15) is 10.4 Å². The minimum absolute atomic E-state index is 0.134. The van der Waals surface area contributed by atoms with Crippen LogP contribution in [0, 0.1) is 6.57 Å². The molecule has 7 heteroatoms. The molecule has 0 aliphatic carbocycles. The fourth-order valence-electron chi connectivity index (χ4n) is 3.64. The third-order valence-corrected chi connectivity index (χ3v) is 5.45. The standard InChI is InChI=1S/C25H18N6O/c1-26-20-7-9-21(10-8-20)30(2)25(32)19-12-14-31-24(15-19)22(16-28-31)17-3-5-18(6-4-17)23-11-13-27-29-23/h3-16H,2H3,(H,27,29). The third-order valence-electron chi connectivity index (χ3n) is 5.45. The van der Waals surface area contributed by atoms with Gasteiger partial charge in [-0.25, -0.2) is 9.36 Å². The van der Waals surface area contributed by atoms with Crippen molar-refractivity contribution >= 4 is 22.8 Å². The Hall–Kier alpha value is -4.70. The minimum Gasteiger partial charge on any atom is -0.312 e. The maximum absolute atomic E-state index is 13.1. The van der Waals surface area contributed by atoms with Gasteiger partial charge in [0.25, 0.3) is 5.91 Å². The quantitative estimate of drug-likeness (QED) is 0.407. The lowest BCUT2D eigenvalue weighted by Crippen LogP contribution is -2.26. The molecule has 5 aromatic rings. The average molecular weight is 418 g/mol. The molecule has 0 atom stereocenters. The number of amides is 1. The predicted octanol–water partition coefficient (Wildman–Crippen LogP) is 5.22. The van der Waals surface area contributed by atoms with Crippen LogP contribution in [0.4, 0.5) is 11.4 Å². The minimum atomic E-state index is -0.134. The summed E-state index contributed by atoms with van der Waals surface area (Å²) in [6.45, 7) is 7.07. The summed E-state index contributed by atoms with van der Waals surface area (Å²) < 4.78 is 1.76. The molecule has 154 valence electrons. The van der Waals surface area contributed by atoms with Crippen molar-refractivity contribution in [1.29, 1.82) is 0 Å². The van der Waals surface area contributed by atoms with Crippen molar-refractivity contribution in [1.82, 2.24) is 19.8 Å². The second-order valence-electron chi connectivity index (χ2n) is 7.34. The van der Waals surface area contributed by atoms with Crippen molar-refractivity contribution in [3.8, 4) is 22.4 Å². The molecule has 0 unspecified atom stereocenters. The molecule has 0 saturated heterocycles. The number of aromatic amines is 1. The van der Waals surface area contributed by atoms with E-state index in [1.54, 1.807) is 59.2 Å². The molecule has 1 amide bonds. The number of benzene rings is 2. The smallest absolute Gasteiger partial charge is 0.258 e. The lowest BCUT2D eigenvalue weighted by Gasteiger charge is -2.17. The summed E-state index contributed by atoms with van der Waals surface area (Å²) >= 11 is 0. The van der Waals surface area contributed by atoms with Gasteiger partial charge >= 0.3 is 0 Å². The van der Waals surface area contributed by atoms with Gasteiger partial charge in [-0.3, -0.25) is 9.89 Å². The van der Waals surface area contributed by atoms with E-state index in [1.807, 2.05) is 42.6 Å². The zero-order valence-electron chi connectivity index (χ0n) is 17.2. The van der Waals surface area contributed by atoms with E-state index in [9.17, 15) is 4.79 Å². The van der Waals surface area contributed by atoms with Crippen LogP contribution in [0.25, 0.3) is 32.7 Å². The Kier molecular flexibility index (Phi) is 4.73. The molecule has 0 aliphatic heterocycles. The van der Waals surface area contributed by atoms with Gasteiger partial charge in [-0.1, -0.05) is 36.4 Å². The van der Waals surface area contributed by atoms with Crippen LogP contribution in [0.5, 0.6) is 0 Å². The van der Waals surface area contributed by atoms with E-state index in [4.69, 9.17) is 6.57 Å². The summed E-state index contributed by atoms with van der Waals surface area (Å²) in [4.78, 5) is 18.1. The second-order valence-corrected chi connectivity index (χ2v) is 7.34. The van der Waals surface area contributed by atoms with Crippen LogP contribution < -0.4 is 4.90 Å². The average Bonchev–Trinajstić information content (AvgIpc) is 3.53. The molecule has 0 radical (unpaired) electrons. The molecule has 0 saturated carbocycles. The SMILES string of the molecule is [C-]#[N+]c1ccc(N(C)C(=O)c2ccn3ncc(-c4ccc(-c5ccn[nH]5)cc4)c3c2)cc1. The van der Waals surface area contributed by atoms with Gasteiger partial charge in [-0.15, -0.1) is 0 Å². The summed E-state index contributed by atoms with van der Waals surface area (Å²) in [6, 6.07) is 20.6. The number of fused-ring (bicyclic) bond motifs is 1. The van der Waals surface area contributed by atoms with E-state index in [0.29, 0.717) is 11.3 Å². The number of anilines is 1. The lowest BCUT2D eigenvalue weighted by molar-refractivity contribution is 0.0993. The zero-order valence-corrected chi connectivity index (χ0v) is 17.2. The number of H-pyrrole nitrogens is 1. The van der Waals surface area contributed by atoms with E-state index in [2.05, 4.69) is 20.1 Å². The number of nitrogens with zero attached hydrogens (tertiary/aromatic N) is 5. The number of carbonyl (C=O) groups is 1. The largest absolute Gasteiger partial charge is 0.312 e. The Labute approximate surface area is 184 Å². The first-order valence-corrected chi connectivity index (χ1v) is 9.97. The number of pyridine rings is 1. The van der Waals surface area contributed by atoms with E-state index in [-0.39, 0.29) is 5.91 Å². The van der Waals surface area contributed by atoms with Crippen LogP contribution in [-0.4, -0.2) is 32.8 Å². The molecule has 0 fully saturated rings. The first kappa shape index (κ1) is 19.3. The second kappa shape index (κ2) is 7.85. The van der Waals surface area contributed by atoms with Gasteiger partial charge in [0, 0.05) is 36.3 Å². The van der Waals surface area contributed by atoms with Crippen LogP contribution in [0.3, 0.4) is 0 Å². The first-order chi connectivity index (χ1) is 15.6. The topological polar surface area (TPSA) is 70.7 Å². The Morgan fingerprint density at radius 1 is 1.03 bits per heavy atom. The van der Waals surface area contributed by atoms with E-state index in [1.165, 1.54) is 0 Å². The number of nitrogens with one attached hydrogen (secondary N) is 1. The van der Waals surface area contributed by atoms with Gasteiger partial charge in [-0.05, 0) is 41.5 Å². The molecule has 1 N–H and O–H groups in total. The Morgan fingerprint density at radius 3 is 2.47 bits per heavy atom. The lowest BCUT2D eigenvalue weighted by atomic mass is 10.0. The molecule has 3 aromatic heterocycles. The zero-order chi connectivity index (χ0) is 22.1. The molecule has 0 spiro atoms. The molecule has 2 aromatic carbocycles. The van der Waals surface area contributed by atoms with E-state index in [0.717, 1.165) is 33.6 Å². The van der Waals surface area contributed by atoms with Crippen LogP contribution in [0.15, 0.2) is 85.3 Å². The molecule has 7 nitrogen and oxygen atoms in total. The fourth-order valence-corrected chi connectivity index (χ4v) is 3.64. The van der Waals surface area contributed by atoms with Gasteiger partial charge in [0.1, 0.15) is 0 Å². The van der Waals surface area contributed by atoms with Crippen LogP contribution in [-0.2, 0) is 0 Å².